The van der Waals surface area contributed by atoms with Gasteiger partial charge >= 0.3 is 0 Å². The van der Waals surface area contributed by atoms with Crippen molar-refractivity contribution in [1.29, 1.82) is 0 Å². The van der Waals surface area contributed by atoms with Crippen LogP contribution in [0.2, 0.25) is 18.1 Å². The average molecular weight is 620 g/mol. The van der Waals surface area contributed by atoms with Crippen LogP contribution in [0.3, 0.4) is 0 Å². The summed E-state index contributed by atoms with van der Waals surface area (Å²) in [6.07, 6.45) is 3.82. The molecule has 0 atom stereocenters. The van der Waals surface area contributed by atoms with E-state index < -0.39 is 14.1 Å². The number of carbonyl (C=O) groups excluding carboxylic acids is 1. The molecule has 0 spiro atoms. The lowest BCUT2D eigenvalue weighted by Crippen LogP contribution is -2.44. The van der Waals surface area contributed by atoms with Crippen LogP contribution in [0.4, 0.5) is 4.39 Å². The zero-order chi connectivity index (χ0) is 30.8. The van der Waals surface area contributed by atoms with Gasteiger partial charge in [-0.05, 0) is 110 Å². The molecule has 5 rings (SSSR count). The number of methoxy groups -OCH3 is 1. The van der Waals surface area contributed by atoms with Crippen LogP contribution < -0.4 is 13.9 Å². The summed E-state index contributed by atoms with van der Waals surface area (Å²) in [5.41, 5.74) is 1.75. The molecule has 0 radical (unpaired) electrons. The second-order valence-corrected chi connectivity index (χ2v) is 18.6. The second-order valence-electron chi connectivity index (χ2n) is 12.8. The van der Waals surface area contributed by atoms with Gasteiger partial charge in [0.2, 0.25) is 0 Å². The molecule has 1 fully saturated rings. The van der Waals surface area contributed by atoms with E-state index in [0.29, 0.717) is 33.9 Å². The van der Waals surface area contributed by atoms with Crippen LogP contribution in [0.5, 0.6) is 17.2 Å². The molecule has 228 valence electrons. The number of hydrogen-bond acceptors (Lipinski definition) is 6. The van der Waals surface area contributed by atoms with Crippen molar-refractivity contribution in [2.24, 2.45) is 0 Å². The van der Waals surface area contributed by atoms with Crippen molar-refractivity contribution < 1.29 is 23.1 Å². The van der Waals surface area contributed by atoms with E-state index >= 15 is 4.39 Å². The Labute approximate surface area is 259 Å². The van der Waals surface area contributed by atoms with Crippen molar-refractivity contribution in [3.8, 4) is 27.7 Å². The van der Waals surface area contributed by atoms with E-state index in [1.165, 1.54) is 36.7 Å². The van der Waals surface area contributed by atoms with Crippen molar-refractivity contribution in [2.45, 2.75) is 58.2 Å². The molecule has 0 bridgehead atoms. The molecule has 3 aromatic carbocycles. The monoisotopic (exact) mass is 619 g/mol. The third-order valence-corrected chi connectivity index (χ3v) is 14.3. The number of rotatable bonds is 10. The molecule has 0 amide bonds. The number of ether oxygens (including phenoxy) is 2. The number of carbonyl (C=O) groups is 1. The maximum absolute atomic E-state index is 15.5. The molecule has 8 heteroatoms. The molecule has 2 heterocycles. The average Bonchev–Trinajstić information content (AvgIpc) is 3.37. The highest BCUT2D eigenvalue weighted by Crippen LogP contribution is 2.43. The third-order valence-electron chi connectivity index (χ3n) is 8.73. The lowest BCUT2D eigenvalue weighted by atomic mass is 9.97. The van der Waals surface area contributed by atoms with Crippen LogP contribution in [-0.2, 0) is 0 Å². The fraction of sp³-hybridized carbons (Fsp3) is 0.400. The van der Waals surface area contributed by atoms with Gasteiger partial charge in [0.15, 0.2) is 11.6 Å². The number of halogens is 1. The standard InChI is InChI=1S/C35H42FNO4SSi/c1-35(2,3)43(5,6)41-30-17-12-25(22-29(30)36)34-32(28-16-15-27(39-4)23-31(28)42-34)33(38)24-10-13-26(14-11-24)40-21-20-37-18-8-7-9-19-37/h10-17,22-23H,7-9,18-21H2,1-6H3. The summed E-state index contributed by atoms with van der Waals surface area (Å²) < 4.78 is 34.1. The predicted molar refractivity (Wildman–Crippen MR) is 177 cm³/mol. The van der Waals surface area contributed by atoms with Crippen LogP contribution in [0.1, 0.15) is 56.0 Å². The number of thiophene rings is 1. The van der Waals surface area contributed by atoms with Crippen LogP contribution in [0.15, 0.2) is 60.7 Å². The molecule has 43 heavy (non-hydrogen) atoms. The molecule has 1 saturated heterocycles. The number of fused-ring (bicyclic) bond motifs is 1. The van der Waals surface area contributed by atoms with Gasteiger partial charge in [-0.3, -0.25) is 9.69 Å². The number of hydrogen-bond donors (Lipinski definition) is 0. The summed E-state index contributed by atoms with van der Waals surface area (Å²) in [7, 11) is -0.605. The molecule has 1 aliphatic rings. The van der Waals surface area contributed by atoms with Crippen LogP contribution >= 0.6 is 11.3 Å². The molecule has 0 unspecified atom stereocenters. The molecular weight excluding hydrogens is 578 g/mol. The maximum atomic E-state index is 15.5. The summed E-state index contributed by atoms with van der Waals surface area (Å²) in [4.78, 5) is 17.2. The molecule has 0 saturated carbocycles. The lowest BCUT2D eigenvalue weighted by molar-refractivity contribution is 0.104. The maximum Gasteiger partial charge on any atom is 0.250 e. The van der Waals surface area contributed by atoms with E-state index in [0.717, 1.165) is 35.5 Å². The fourth-order valence-corrected chi connectivity index (χ4v) is 7.35. The number of benzene rings is 3. The first-order valence-corrected chi connectivity index (χ1v) is 18.8. The Bertz CT molecular complexity index is 1590. The zero-order valence-corrected chi connectivity index (χ0v) is 27.9. The quantitative estimate of drug-likeness (QED) is 0.131. The van der Waals surface area contributed by atoms with Gasteiger partial charge in [-0.2, -0.15) is 0 Å². The van der Waals surface area contributed by atoms with Crippen molar-refractivity contribution in [3.05, 3.63) is 77.6 Å². The van der Waals surface area contributed by atoms with E-state index in [1.807, 2.05) is 48.5 Å². The number of ketones is 1. The SMILES string of the molecule is COc1ccc2c(C(=O)c3ccc(OCCN4CCCCC4)cc3)c(-c3ccc(O[Si](C)(C)C(C)(C)C)c(F)c3)sc2c1. The zero-order valence-electron chi connectivity index (χ0n) is 26.1. The largest absolute Gasteiger partial charge is 0.542 e. The van der Waals surface area contributed by atoms with Crippen LogP contribution in [0.25, 0.3) is 20.5 Å². The van der Waals surface area contributed by atoms with E-state index in [1.54, 1.807) is 13.2 Å². The molecule has 0 N–H and O–H groups in total. The number of piperidine rings is 1. The van der Waals surface area contributed by atoms with Gasteiger partial charge < -0.3 is 13.9 Å². The third kappa shape index (κ3) is 6.97. The Morgan fingerprint density at radius 1 is 0.953 bits per heavy atom. The molecule has 0 aliphatic carbocycles. The summed E-state index contributed by atoms with van der Waals surface area (Å²) >= 11 is 1.46. The van der Waals surface area contributed by atoms with Crippen LogP contribution in [-0.4, -0.2) is 52.4 Å². The smallest absolute Gasteiger partial charge is 0.250 e. The van der Waals surface area contributed by atoms with Gasteiger partial charge in [-0.15, -0.1) is 11.3 Å². The Kier molecular flexibility index (Phi) is 9.30. The van der Waals surface area contributed by atoms with Gasteiger partial charge in [-0.1, -0.05) is 27.2 Å². The molecule has 1 aliphatic heterocycles. The summed E-state index contributed by atoms with van der Waals surface area (Å²) in [5, 5.41) is 0.755. The molecule has 1 aromatic heterocycles. The van der Waals surface area contributed by atoms with Crippen molar-refractivity contribution >= 4 is 35.5 Å². The first-order chi connectivity index (χ1) is 20.5. The van der Waals surface area contributed by atoms with Gasteiger partial charge in [0, 0.05) is 32.6 Å². The highest BCUT2D eigenvalue weighted by molar-refractivity contribution is 7.22. The summed E-state index contributed by atoms with van der Waals surface area (Å²) in [6.45, 7) is 14.4. The predicted octanol–water partition coefficient (Wildman–Crippen LogP) is 9.20. The fourth-order valence-electron chi connectivity index (χ4n) is 5.11. The first-order valence-electron chi connectivity index (χ1n) is 15.1. The summed E-state index contributed by atoms with van der Waals surface area (Å²) in [6, 6.07) is 18.0. The Hall–Kier alpha value is -3.20. The number of likely N-dealkylation sites (tertiary alicyclic amines) is 1. The van der Waals surface area contributed by atoms with Gasteiger partial charge in [-0.25, -0.2) is 4.39 Å². The molecule has 5 nitrogen and oxygen atoms in total. The normalized spacial score (nSPS) is 14.6. The van der Waals surface area contributed by atoms with E-state index in [2.05, 4.69) is 38.8 Å². The summed E-state index contributed by atoms with van der Waals surface area (Å²) in [5.74, 6) is 1.15. The Balaban J connectivity index is 1.43. The molecule has 4 aromatic rings. The Morgan fingerprint density at radius 3 is 2.30 bits per heavy atom. The highest BCUT2D eigenvalue weighted by atomic mass is 32.1. The van der Waals surface area contributed by atoms with Gasteiger partial charge in [0.05, 0.1) is 7.11 Å². The van der Waals surface area contributed by atoms with E-state index in [-0.39, 0.29) is 16.6 Å². The van der Waals surface area contributed by atoms with Gasteiger partial charge in [0.25, 0.3) is 8.32 Å². The lowest BCUT2D eigenvalue weighted by Gasteiger charge is -2.36. The highest BCUT2D eigenvalue weighted by Gasteiger charge is 2.39. The van der Waals surface area contributed by atoms with Gasteiger partial charge in [0.1, 0.15) is 23.9 Å². The topological polar surface area (TPSA) is 48.0 Å². The molecular formula is C35H42FNO4SSi. The van der Waals surface area contributed by atoms with Crippen LogP contribution in [0, 0.1) is 5.82 Å². The first kappa shape index (κ1) is 31.2. The van der Waals surface area contributed by atoms with E-state index in [4.69, 9.17) is 13.9 Å². The minimum absolute atomic E-state index is 0.0594. The van der Waals surface area contributed by atoms with E-state index in [9.17, 15) is 4.79 Å². The minimum atomic E-state index is -2.22. The second kappa shape index (κ2) is 12.8. The Morgan fingerprint density at radius 2 is 1.65 bits per heavy atom. The van der Waals surface area contributed by atoms with Crippen molar-refractivity contribution in [3.63, 3.8) is 0 Å². The minimum Gasteiger partial charge on any atom is -0.542 e. The van der Waals surface area contributed by atoms with Crippen molar-refractivity contribution in [2.75, 3.05) is 33.4 Å². The van der Waals surface area contributed by atoms with Crippen molar-refractivity contribution in [1.82, 2.24) is 4.90 Å². The number of nitrogens with zero attached hydrogens (tertiary/aromatic N) is 1.